The van der Waals surface area contributed by atoms with Gasteiger partial charge in [-0.15, -0.1) is 0 Å². The van der Waals surface area contributed by atoms with Gasteiger partial charge in [-0.3, -0.25) is 4.79 Å². The van der Waals surface area contributed by atoms with Crippen LogP contribution in [0.3, 0.4) is 0 Å². The minimum atomic E-state index is -0.367. The zero-order chi connectivity index (χ0) is 20.8. The lowest BCUT2D eigenvalue weighted by molar-refractivity contribution is 0.0999. The molecule has 0 aliphatic carbocycles. The molecular formula is C26H32N2O. The number of primary amides is 1. The number of carbonyl (C=O) groups is 1. The van der Waals surface area contributed by atoms with Crippen molar-refractivity contribution in [2.75, 3.05) is 0 Å². The van der Waals surface area contributed by atoms with Crippen LogP contribution in [-0.4, -0.2) is 10.5 Å². The zero-order valence-corrected chi connectivity index (χ0v) is 17.9. The maximum Gasteiger partial charge on any atom is 0.250 e. The van der Waals surface area contributed by atoms with Gasteiger partial charge in [-0.25, -0.2) is 0 Å². The highest BCUT2D eigenvalue weighted by molar-refractivity contribution is 5.95. The fraction of sp³-hybridized carbons (Fsp3) is 0.346. The van der Waals surface area contributed by atoms with Gasteiger partial charge in [0.2, 0.25) is 0 Å². The Balaban J connectivity index is 1.86. The van der Waals surface area contributed by atoms with Crippen molar-refractivity contribution in [2.24, 2.45) is 5.73 Å². The van der Waals surface area contributed by atoms with E-state index in [-0.39, 0.29) is 5.91 Å². The van der Waals surface area contributed by atoms with Crippen LogP contribution in [0.15, 0.2) is 54.6 Å². The Hall–Kier alpha value is -2.81. The third-order valence-electron chi connectivity index (χ3n) is 5.70. The van der Waals surface area contributed by atoms with E-state index in [9.17, 15) is 4.79 Å². The molecule has 1 aromatic heterocycles. The molecule has 0 aliphatic heterocycles. The van der Waals surface area contributed by atoms with Crippen LogP contribution < -0.4 is 5.73 Å². The first-order chi connectivity index (χ1) is 14.0. The molecule has 0 fully saturated rings. The van der Waals surface area contributed by atoms with E-state index in [0.29, 0.717) is 5.56 Å². The summed E-state index contributed by atoms with van der Waals surface area (Å²) in [6, 6.07) is 19.3. The molecule has 152 valence electrons. The number of amides is 1. The Labute approximate surface area is 174 Å². The first-order valence-corrected chi connectivity index (χ1v) is 10.6. The largest absolute Gasteiger partial charge is 0.366 e. The molecule has 3 aromatic rings. The van der Waals surface area contributed by atoms with Crippen molar-refractivity contribution in [1.29, 1.82) is 0 Å². The molecule has 2 N–H and O–H groups in total. The molecule has 2 aromatic carbocycles. The highest BCUT2D eigenvalue weighted by atomic mass is 16.1. The van der Waals surface area contributed by atoms with Crippen molar-refractivity contribution in [2.45, 2.75) is 59.4 Å². The third-order valence-corrected chi connectivity index (χ3v) is 5.70. The minimum Gasteiger partial charge on any atom is -0.366 e. The molecule has 1 heterocycles. The van der Waals surface area contributed by atoms with Crippen LogP contribution in [0.5, 0.6) is 0 Å². The predicted molar refractivity (Wildman–Crippen MR) is 121 cm³/mol. The molecule has 3 rings (SSSR count). The number of benzene rings is 2. The predicted octanol–water partition coefficient (Wildman–Crippen LogP) is 5.85. The summed E-state index contributed by atoms with van der Waals surface area (Å²) in [6.45, 7) is 7.13. The van der Waals surface area contributed by atoms with Crippen LogP contribution in [0.4, 0.5) is 0 Å². The van der Waals surface area contributed by atoms with Gasteiger partial charge in [-0.1, -0.05) is 73.9 Å². The van der Waals surface area contributed by atoms with Gasteiger partial charge in [0, 0.05) is 17.9 Å². The number of aromatic nitrogens is 1. The van der Waals surface area contributed by atoms with Gasteiger partial charge in [0.25, 0.3) is 5.91 Å². The molecule has 0 aliphatic rings. The number of nitrogens with zero attached hydrogens (tertiary/aromatic N) is 1. The Morgan fingerprint density at radius 1 is 0.897 bits per heavy atom. The summed E-state index contributed by atoms with van der Waals surface area (Å²) in [4.78, 5) is 11.9. The number of rotatable bonds is 9. The molecule has 0 unspecified atom stereocenters. The number of carbonyl (C=O) groups excluding carboxylic acids is 1. The van der Waals surface area contributed by atoms with Crippen LogP contribution in [-0.2, 0) is 19.4 Å². The molecule has 0 radical (unpaired) electrons. The summed E-state index contributed by atoms with van der Waals surface area (Å²) in [6.07, 6.45) is 5.77. The van der Waals surface area contributed by atoms with Gasteiger partial charge in [0.15, 0.2) is 0 Å². The van der Waals surface area contributed by atoms with E-state index < -0.39 is 0 Å². The number of aryl methyl sites for hydroxylation is 3. The summed E-state index contributed by atoms with van der Waals surface area (Å²) in [5.74, 6) is -0.367. The molecular weight excluding hydrogens is 356 g/mol. The lowest BCUT2D eigenvalue weighted by atomic mass is 10.0. The van der Waals surface area contributed by atoms with E-state index in [2.05, 4.69) is 66.9 Å². The second-order valence-electron chi connectivity index (χ2n) is 7.93. The molecule has 0 saturated heterocycles. The van der Waals surface area contributed by atoms with Crippen molar-refractivity contribution in [3.63, 3.8) is 0 Å². The van der Waals surface area contributed by atoms with E-state index >= 15 is 0 Å². The fourth-order valence-corrected chi connectivity index (χ4v) is 3.84. The summed E-state index contributed by atoms with van der Waals surface area (Å²) in [5.41, 5.74) is 13.3. The summed E-state index contributed by atoms with van der Waals surface area (Å²) >= 11 is 0. The van der Waals surface area contributed by atoms with Crippen LogP contribution in [0, 0.1) is 13.8 Å². The van der Waals surface area contributed by atoms with Crippen molar-refractivity contribution in [3.05, 3.63) is 82.5 Å². The van der Waals surface area contributed by atoms with Crippen LogP contribution in [0.1, 0.15) is 58.9 Å². The van der Waals surface area contributed by atoms with Crippen LogP contribution in [0.25, 0.3) is 11.3 Å². The van der Waals surface area contributed by atoms with Gasteiger partial charge in [-0.05, 0) is 55.9 Å². The Kier molecular flexibility index (Phi) is 6.92. The minimum absolute atomic E-state index is 0.367. The van der Waals surface area contributed by atoms with E-state index in [4.69, 9.17) is 5.73 Å². The Morgan fingerprint density at radius 3 is 2.14 bits per heavy atom. The summed E-state index contributed by atoms with van der Waals surface area (Å²) in [5, 5.41) is 0. The number of hydrogen-bond acceptors (Lipinski definition) is 1. The average Bonchev–Trinajstić information content (AvgIpc) is 3.05. The van der Waals surface area contributed by atoms with Crippen LogP contribution >= 0.6 is 0 Å². The first kappa shape index (κ1) is 20.9. The molecule has 0 atom stereocenters. The molecule has 29 heavy (non-hydrogen) atoms. The van der Waals surface area contributed by atoms with Crippen LogP contribution in [0.2, 0.25) is 0 Å². The Bertz CT molecular complexity index is 950. The fourth-order valence-electron chi connectivity index (χ4n) is 3.84. The highest BCUT2D eigenvalue weighted by Gasteiger charge is 2.16. The number of unbranched alkanes of at least 4 members (excludes halogenated alkanes) is 2. The maximum absolute atomic E-state index is 11.9. The number of hydrogen-bond donors (Lipinski definition) is 1. The average molecular weight is 389 g/mol. The van der Waals surface area contributed by atoms with Gasteiger partial charge < -0.3 is 10.3 Å². The molecule has 0 spiro atoms. The zero-order valence-electron chi connectivity index (χ0n) is 17.9. The van der Waals surface area contributed by atoms with Crippen molar-refractivity contribution in [1.82, 2.24) is 4.57 Å². The molecule has 3 nitrogen and oxygen atoms in total. The van der Waals surface area contributed by atoms with Gasteiger partial charge in [-0.2, -0.15) is 0 Å². The SMILES string of the molecule is CCCCCc1ccc(-c2cc(C(N)=O)c(C)n2CCc2ccc(C)cc2)cc1. The molecule has 0 saturated carbocycles. The quantitative estimate of drug-likeness (QED) is 0.460. The monoisotopic (exact) mass is 388 g/mol. The van der Waals surface area contributed by atoms with Gasteiger partial charge >= 0.3 is 0 Å². The number of nitrogens with two attached hydrogens (primary N) is 1. The van der Waals surface area contributed by atoms with E-state index in [1.165, 1.54) is 36.0 Å². The lowest BCUT2D eigenvalue weighted by Gasteiger charge is -2.13. The first-order valence-electron chi connectivity index (χ1n) is 10.6. The van der Waals surface area contributed by atoms with E-state index in [1.807, 2.05) is 13.0 Å². The topological polar surface area (TPSA) is 48.0 Å². The lowest BCUT2D eigenvalue weighted by Crippen LogP contribution is -2.13. The molecule has 3 heteroatoms. The highest BCUT2D eigenvalue weighted by Crippen LogP contribution is 2.27. The molecule has 0 bridgehead atoms. The standard InChI is InChI=1S/C26H32N2O/c1-4-5-6-7-21-12-14-23(15-13-21)25-18-24(26(27)29)20(3)28(25)17-16-22-10-8-19(2)9-11-22/h8-15,18H,4-7,16-17H2,1-3H3,(H2,27,29). The smallest absolute Gasteiger partial charge is 0.250 e. The third kappa shape index (κ3) is 5.17. The van der Waals surface area contributed by atoms with E-state index in [0.717, 1.165) is 36.3 Å². The van der Waals surface area contributed by atoms with Crippen molar-refractivity contribution >= 4 is 5.91 Å². The normalized spacial score (nSPS) is 11.0. The summed E-state index contributed by atoms with van der Waals surface area (Å²) in [7, 11) is 0. The maximum atomic E-state index is 11.9. The van der Waals surface area contributed by atoms with Gasteiger partial charge in [0.05, 0.1) is 5.56 Å². The second-order valence-corrected chi connectivity index (χ2v) is 7.93. The van der Waals surface area contributed by atoms with Crippen molar-refractivity contribution < 1.29 is 4.79 Å². The van der Waals surface area contributed by atoms with Crippen molar-refractivity contribution in [3.8, 4) is 11.3 Å². The Morgan fingerprint density at radius 2 is 1.52 bits per heavy atom. The van der Waals surface area contributed by atoms with E-state index in [1.54, 1.807) is 0 Å². The second kappa shape index (κ2) is 9.60. The van der Waals surface area contributed by atoms with Gasteiger partial charge in [0.1, 0.15) is 0 Å². The molecule has 1 amide bonds. The summed E-state index contributed by atoms with van der Waals surface area (Å²) < 4.78 is 2.23.